The Balaban J connectivity index is 2.06. The molecule has 4 N–H and O–H groups in total. The summed E-state index contributed by atoms with van der Waals surface area (Å²) in [5, 5.41) is 4.94. The van der Waals surface area contributed by atoms with Gasteiger partial charge in [0.25, 0.3) is 0 Å². The Morgan fingerprint density at radius 1 is 1.38 bits per heavy atom. The van der Waals surface area contributed by atoms with E-state index in [1.54, 1.807) is 38.1 Å². The zero-order chi connectivity index (χ0) is 15.6. The molecule has 1 aliphatic rings. The molecule has 1 aromatic rings. The van der Waals surface area contributed by atoms with E-state index in [1.165, 1.54) is 4.90 Å². The number of nitrogens with one attached hydrogen (secondary N) is 2. The Hall–Kier alpha value is -2.41. The van der Waals surface area contributed by atoms with Crippen LogP contribution in [0, 0.1) is 0 Å². The van der Waals surface area contributed by atoms with E-state index >= 15 is 0 Å². The number of nitrogens with two attached hydrogens (primary N) is 1. The highest BCUT2D eigenvalue weighted by atomic mass is 16.2. The molecular formula is C14H18N4O3. The molecule has 0 atom stereocenters. The van der Waals surface area contributed by atoms with Crippen molar-refractivity contribution in [3.63, 3.8) is 0 Å². The lowest BCUT2D eigenvalue weighted by Gasteiger charge is -2.39. The van der Waals surface area contributed by atoms with Gasteiger partial charge in [-0.2, -0.15) is 0 Å². The summed E-state index contributed by atoms with van der Waals surface area (Å²) in [5.41, 5.74) is 5.79. The van der Waals surface area contributed by atoms with E-state index in [1.807, 2.05) is 0 Å². The molecular weight excluding hydrogens is 272 g/mol. The average molecular weight is 290 g/mol. The largest absolute Gasteiger partial charge is 0.397 e. The van der Waals surface area contributed by atoms with Crippen LogP contribution in [0.1, 0.15) is 13.8 Å². The number of carbonyl (C=O) groups excluding carboxylic acids is 3. The number of carbonyl (C=O) groups is 3. The fourth-order valence-corrected chi connectivity index (χ4v) is 2.06. The number of benzene rings is 1. The molecule has 0 bridgehead atoms. The lowest BCUT2D eigenvalue weighted by atomic mass is 9.99. The topological polar surface area (TPSA) is 105 Å². The molecule has 0 spiro atoms. The van der Waals surface area contributed by atoms with Gasteiger partial charge in [0.1, 0.15) is 0 Å². The number of nitrogens with zero attached hydrogens (tertiary/aromatic N) is 1. The van der Waals surface area contributed by atoms with Gasteiger partial charge in [-0.1, -0.05) is 12.1 Å². The van der Waals surface area contributed by atoms with Crippen molar-refractivity contribution in [1.29, 1.82) is 0 Å². The zero-order valence-corrected chi connectivity index (χ0v) is 12.0. The molecule has 0 radical (unpaired) electrons. The van der Waals surface area contributed by atoms with E-state index in [9.17, 15) is 14.4 Å². The van der Waals surface area contributed by atoms with Crippen molar-refractivity contribution in [3.05, 3.63) is 24.3 Å². The van der Waals surface area contributed by atoms with Crippen LogP contribution in [0.3, 0.4) is 0 Å². The number of hydrogen-bond acceptors (Lipinski definition) is 5. The highest BCUT2D eigenvalue weighted by Crippen LogP contribution is 2.19. The third-order valence-electron chi connectivity index (χ3n) is 3.50. The lowest BCUT2D eigenvalue weighted by Crippen LogP contribution is -2.65. The van der Waals surface area contributed by atoms with Gasteiger partial charge in [0.15, 0.2) is 0 Å². The maximum Gasteiger partial charge on any atom is 0.246 e. The summed E-state index contributed by atoms with van der Waals surface area (Å²) in [4.78, 5) is 36.9. The van der Waals surface area contributed by atoms with Crippen LogP contribution < -0.4 is 16.4 Å². The van der Waals surface area contributed by atoms with Crippen molar-refractivity contribution in [1.82, 2.24) is 10.2 Å². The molecule has 7 nitrogen and oxygen atoms in total. The first-order chi connectivity index (χ1) is 9.80. The van der Waals surface area contributed by atoms with Crippen LogP contribution in [0.25, 0.3) is 0 Å². The monoisotopic (exact) mass is 290 g/mol. The summed E-state index contributed by atoms with van der Waals surface area (Å²) in [7, 11) is 0. The smallest absolute Gasteiger partial charge is 0.246 e. The van der Waals surface area contributed by atoms with Crippen molar-refractivity contribution in [2.45, 2.75) is 19.4 Å². The molecule has 1 heterocycles. The summed E-state index contributed by atoms with van der Waals surface area (Å²) in [6, 6.07) is 6.89. The molecule has 0 unspecified atom stereocenters. The SMILES string of the molecule is CC1(C)C(=O)NC(=O)CN1CC(=O)Nc1ccccc1N. The Kier molecular flexibility index (Phi) is 3.95. The van der Waals surface area contributed by atoms with Gasteiger partial charge in [0, 0.05) is 0 Å². The van der Waals surface area contributed by atoms with E-state index in [0.29, 0.717) is 11.4 Å². The van der Waals surface area contributed by atoms with E-state index in [4.69, 9.17) is 5.73 Å². The third kappa shape index (κ3) is 3.19. The van der Waals surface area contributed by atoms with Crippen LogP contribution in [-0.4, -0.2) is 41.2 Å². The van der Waals surface area contributed by atoms with Crippen LogP contribution >= 0.6 is 0 Å². The Morgan fingerprint density at radius 2 is 2.05 bits per heavy atom. The minimum absolute atomic E-state index is 0.00354. The van der Waals surface area contributed by atoms with Crippen molar-refractivity contribution in [2.24, 2.45) is 0 Å². The molecule has 1 aromatic carbocycles. The number of amides is 3. The maximum atomic E-state index is 12.1. The lowest BCUT2D eigenvalue weighted by molar-refractivity contribution is -0.145. The first-order valence-electron chi connectivity index (χ1n) is 6.54. The number of rotatable bonds is 3. The molecule has 7 heteroatoms. The van der Waals surface area contributed by atoms with Crippen molar-refractivity contribution >= 4 is 29.1 Å². The second-order valence-corrected chi connectivity index (χ2v) is 5.43. The van der Waals surface area contributed by atoms with E-state index in [-0.39, 0.29) is 19.0 Å². The molecule has 2 rings (SSSR count). The maximum absolute atomic E-state index is 12.1. The first kappa shape index (κ1) is 15.0. The summed E-state index contributed by atoms with van der Waals surface area (Å²) < 4.78 is 0. The molecule has 1 fully saturated rings. The van der Waals surface area contributed by atoms with Gasteiger partial charge >= 0.3 is 0 Å². The van der Waals surface area contributed by atoms with E-state index < -0.39 is 17.4 Å². The van der Waals surface area contributed by atoms with Gasteiger partial charge in [-0.15, -0.1) is 0 Å². The minimum atomic E-state index is -0.923. The fourth-order valence-electron chi connectivity index (χ4n) is 2.06. The quantitative estimate of drug-likeness (QED) is 0.534. The number of anilines is 2. The highest BCUT2D eigenvalue weighted by molar-refractivity contribution is 6.04. The van der Waals surface area contributed by atoms with Gasteiger partial charge in [-0.05, 0) is 26.0 Å². The van der Waals surface area contributed by atoms with Crippen LogP contribution in [-0.2, 0) is 14.4 Å². The summed E-state index contributed by atoms with van der Waals surface area (Å²) in [6.45, 7) is 3.26. The number of piperazine rings is 1. The Bertz CT molecular complexity index is 598. The predicted molar refractivity (Wildman–Crippen MR) is 78.3 cm³/mol. The van der Waals surface area contributed by atoms with Gasteiger partial charge in [-0.3, -0.25) is 24.6 Å². The fraction of sp³-hybridized carbons (Fsp3) is 0.357. The Morgan fingerprint density at radius 3 is 2.71 bits per heavy atom. The van der Waals surface area contributed by atoms with Crippen LogP contribution in [0.4, 0.5) is 11.4 Å². The second-order valence-electron chi connectivity index (χ2n) is 5.43. The summed E-state index contributed by atoms with van der Waals surface area (Å²) >= 11 is 0. The standard InChI is InChI=1S/C14H18N4O3/c1-14(2)13(21)17-12(20)8-18(14)7-11(19)16-10-6-4-3-5-9(10)15/h3-6H,7-8,15H2,1-2H3,(H,16,19)(H,17,20,21). The molecule has 1 saturated heterocycles. The molecule has 3 amide bonds. The normalized spacial score (nSPS) is 18.2. The summed E-state index contributed by atoms with van der Waals surface area (Å²) in [5.74, 6) is -1.15. The molecule has 112 valence electrons. The molecule has 0 saturated carbocycles. The molecule has 0 aromatic heterocycles. The van der Waals surface area contributed by atoms with Gasteiger partial charge in [-0.25, -0.2) is 0 Å². The predicted octanol–water partition coefficient (Wildman–Crippen LogP) is -0.0557. The number of nitrogen functional groups attached to an aromatic ring is 1. The van der Waals surface area contributed by atoms with Crippen molar-refractivity contribution in [3.8, 4) is 0 Å². The van der Waals surface area contributed by atoms with Crippen molar-refractivity contribution in [2.75, 3.05) is 24.1 Å². The van der Waals surface area contributed by atoms with E-state index in [2.05, 4.69) is 10.6 Å². The second kappa shape index (κ2) is 5.53. The molecule has 0 aliphatic carbocycles. The zero-order valence-electron chi connectivity index (χ0n) is 12.0. The first-order valence-corrected chi connectivity index (χ1v) is 6.54. The average Bonchev–Trinajstić information content (AvgIpc) is 2.39. The van der Waals surface area contributed by atoms with Gasteiger partial charge < -0.3 is 11.1 Å². The number of para-hydroxylation sites is 2. The van der Waals surface area contributed by atoms with E-state index in [0.717, 1.165) is 0 Å². The van der Waals surface area contributed by atoms with Crippen LogP contribution in [0.15, 0.2) is 24.3 Å². The highest BCUT2D eigenvalue weighted by Gasteiger charge is 2.41. The number of hydrogen-bond donors (Lipinski definition) is 3. The minimum Gasteiger partial charge on any atom is -0.397 e. The third-order valence-corrected chi connectivity index (χ3v) is 3.50. The van der Waals surface area contributed by atoms with Crippen molar-refractivity contribution < 1.29 is 14.4 Å². The van der Waals surface area contributed by atoms with Crippen LogP contribution in [0.2, 0.25) is 0 Å². The van der Waals surface area contributed by atoms with Crippen LogP contribution in [0.5, 0.6) is 0 Å². The Labute approximate surface area is 122 Å². The summed E-state index contributed by atoms with van der Waals surface area (Å²) in [6.07, 6.45) is 0. The molecule has 1 aliphatic heterocycles. The molecule has 21 heavy (non-hydrogen) atoms. The number of imide groups is 1. The van der Waals surface area contributed by atoms with Gasteiger partial charge in [0.05, 0.1) is 30.0 Å². The van der Waals surface area contributed by atoms with Gasteiger partial charge in [0.2, 0.25) is 17.7 Å².